The molecule has 2 fully saturated rings. The van der Waals surface area contributed by atoms with E-state index in [4.69, 9.17) is 4.74 Å². The van der Waals surface area contributed by atoms with Gasteiger partial charge in [0.1, 0.15) is 5.69 Å². The predicted octanol–water partition coefficient (Wildman–Crippen LogP) is 0.277. The lowest BCUT2D eigenvalue weighted by Gasteiger charge is -2.40. The van der Waals surface area contributed by atoms with Crippen molar-refractivity contribution >= 4 is 5.91 Å². The van der Waals surface area contributed by atoms with E-state index in [2.05, 4.69) is 34.1 Å². The standard InChI is InChI=1S/C16H27N5O2/c1-19(2)9-10-20-11-12-23-15-5-8-21(7-4-14(15)20)16(22)13-3-6-17-18-13/h3,6,14-15H,4-5,7-12H2,1-2H3,(H,17,18)/t14-,15-/m0/s1. The highest BCUT2D eigenvalue weighted by molar-refractivity contribution is 5.92. The Kier molecular flexibility index (Phi) is 5.30. The zero-order valence-corrected chi connectivity index (χ0v) is 14.1. The number of amides is 1. The van der Waals surface area contributed by atoms with Crippen molar-refractivity contribution in [3.05, 3.63) is 18.0 Å². The van der Waals surface area contributed by atoms with Gasteiger partial charge in [-0.1, -0.05) is 0 Å². The van der Waals surface area contributed by atoms with E-state index in [0.29, 0.717) is 11.7 Å². The number of ether oxygens (including phenoxy) is 1. The minimum atomic E-state index is 0.0426. The number of likely N-dealkylation sites (tertiary alicyclic amines) is 1. The Hall–Kier alpha value is -1.44. The van der Waals surface area contributed by atoms with Crippen molar-refractivity contribution in [1.82, 2.24) is 24.9 Å². The number of rotatable bonds is 4. The molecule has 23 heavy (non-hydrogen) atoms. The topological polar surface area (TPSA) is 64.7 Å². The third-order valence-electron chi connectivity index (χ3n) is 4.84. The van der Waals surface area contributed by atoms with Crippen LogP contribution in [0.5, 0.6) is 0 Å². The van der Waals surface area contributed by atoms with Crippen LogP contribution < -0.4 is 0 Å². The van der Waals surface area contributed by atoms with Crippen LogP contribution in [0.15, 0.2) is 12.3 Å². The summed E-state index contributed by atoms with van der Waals surface area (Å²) in [5.74, 6) is 0.0426. The molecule has 128 valence electrons. The number of nitrogens with zero attached hydrogens (tertiary/aromatic N) is 4. The van der Waals surface area contributed by atoms with Gasteiger partial charge in [0.25, 0.3) is 5.91 Å². The number of carbonyl (C=O) groups excluding carboxylic acids is 1. The second-order valence-electron chi connectivity index (χ2n) is 6.66. The minimum Gasteiger partial charge on any atom is -0.375 e. The summed E-state index contributed by atoms with van der Waals surface area (Å²) in [6.45, 7) is 5.43. The number of hydrogen-bond donors (Lipinski definition) is 1. The van der Waals surface area contributed by atoms with E-state index >= 15 is 0 Å². The van der Waals surface area contributed by atoms with Gasteiger partial charge in [-0.3, -0.25) is 14.8 Å². The molecule has 3 heterocycles. The maximum absolute atomic E-state index is 12.5. The smallest absolute Gasteiger partial charge is 0.271 e. The van der Waals surface area contributed by atoms with Crippen LogP contribution in [0.2, 0.25) is 0 Å². The van der Waals surface area contributed by atoms with Gasteiger partial charge >= 0.3 is 0 Å². The molecule has 1 N–H and O–H groups in total. The molecule has 2 aliphatic rings. The fourth-order valence-corrected chi connectivity index (χ4v) is 3.52. The molecule has 0 spiro atoms. The molecule has 0 aliphatic carbocycles. The second-order valence-corrected chi connectivity index (χ2v) is 6.66. The van der Waals surface area contributed by atoms with E-state index < -0.39 is 0 Å². The van der Waals surface area contributed by atoms with Crippen molar-refractivity contribution in [2.75, 3.05) is 53.4 Å². The number of H-pyrrole nitrogens is 1. The fraction of sp³-hybridized carbons (Fsp3) is 0.750. The Morgan fingerprint density at radius 1 is 1.39 bits per heavy atom. The Balaban J connectivity index is 1.63. The van der Waals surface area contributed by atoms with Gasteiger partial charge in [-0.25, -0.2) is 0 Å². The van der Waals surface area contributed by atoms with Crippen molar-refractivity contribution in [3.63, 3.8) is 0 Å². The van der Waals surface area contributed by atoms with Gasteiger partial charge < -0.3 is 14.5 Å². The first-order valence-electron chi connectivity index (χ1n) is 8.44. The average Bonchev–Trinajstić information content (AvgIpc) is 2.99. The summed E-state index contributed by atoms with van der Waals surface area (Å²) < 4.78 is 6.00. The first kappa shape index (κ1) is 16.4. The Morgan fingerprint density at radius 2 is 2.22 bits per heavy atom. The van der Waals surface area contributed by atoms with Crippen LogP contribution in [-0.4, -0.2) is 96.4 Å². The number of nitrogens with one attached hydrogen (secondary N) is 1. The van der Waals surface area contributed by atoms with Crippen molar-refractivity contribution in [3.8, 4) is 0 Å². The quantitative estimate of drug-likeness (QED) is 0.863. The minimum absolute atomic E-state index is 0.0426. The molecule has 0 radical (unpaired) electrons. The Labute approximate surface area is 137 Å². The van der Waals surface area contributed by atoms with Gasteiger partial charge in [-0.2, -0.15) is 5.10 Å². The summed E-state index contributed by atoms with van der Waals surface area (Å²) in [4.78, 5) is 19.2. The van der Waals surface area contributed by atoms with E-state index in [1.54, 1.807) is 12.3 Å². The van der Waals surface area contributed by atoms with Crippen LogP contribution in [0, 0.1) is 0 Å². The lowest BCUT2D eigenvalue weighted by atomic mass is 10.0. The number of likely N-dealkylation sites (N-methyl/N-ethyl adjacent to an activating group) is 1. The molecule has 1 aromatic rings. The van der Waals surface area contributed by atoms with Crippen LogP contribution in [0.1, 0.15) is 23.3 Å². The summed E-state index contributed by atoms with van der Waals surface area (Å²) in [5, 5.41) is 6.65. The normalized spacial score (nSPS) is 26.1. The molecule has 3 rings (SSSR count). The molecule has 0 saturated carbocycles. The van der Waals surface area contributed by atoms with Crippen molar-refractivity contribution in [2.45, 2.75) is 25.0 Å². The molecule has 7 nitrogen and oxygen atoms in total. The predicted molar refractivity (Wildman–Crippen MR) is 87.4 cm³/mol. The largest absolute Gasteiger partial charge is 0.375 e. The number of hydrogen-bond acceptors (Lipinski definition) is 5. The maximum Gasteiger partial charge on any atom is 0.271 e. The molecule has 2 atom stereocenters. The summed E-state index contributed by atoms with van der Waals surface area (Å²) in [7, 11) is 4.21. The van der Waals surface area contributed by atoms with E-state index in [0.717, 1.165) is 52.2 Å². The lowest BCUT2D eigenvalue weighted by molar-refractivity contribution is -0.0724. The van der Waals surface area contributed by atoms with Crippen molar-refractivity contribution in [2.24, 2.45) is 0 Å². The summed E-state index contributed by atoms with van der Waals surface area (Å²) in [6, 6.07) is 2.16. The molecule has 2 saturated heterocycles. The molecular formula is C16H27N5O2. The lowest BCUT2D eigenvalue weighted by Crippen LogP contribution is -2.52. The summed E-state index contributed by atoms with van der Waals surface area (Å²) >= 11 is 0. The molecule has 1 amide bonds. The first-order chi connectivity index (χ1) is 11.1. The van der Waals surface area contributed by atoms with Gasteiger partial charge in [0.05, 0.1) is 12.7 Å². The fourth-order valence-electron chi connectivity index (χ4n) is 3.52. The zero-order valence-electron chi connectivity index (χ0n) is 14.1. The van der Waals surface area contributed by atoms with Gasteiger partial charge in [-0.05, 0) is 33.0 Å². The molecule has 1 aromatic heterocycles. The van der Waals surface area contributed by atoms with E-state index in [1.807, 2.05) is 4.90 Å². The number of morpholine rings is 1. The highest BCUT2D eigenvalue weighted by Crippen LogP contribution is 2.24. The Bertz CT molecular complexity index is 505. The summed E-state index contributed by atoms with van der Waals surface area (Å²) in [6.07, 6.45) is 3.74. The van der Waals surface area contributed by atoms with E-state index in [1.165, 1.54) is 0 Å². The number of carbonyl (C=O) groups is 1. The molecule has 0 unspecified atom stereocenters. The first-order valence-corrected chi connectivity index (χ1v) is 8.44. The molecular weight excluding hydrogens is 294 g/mol. The van der Waals surface area contributed by atoms with Gasteiger partial charge in [-0.15, -0.1) is 0 Å². The number of fused-ring (bicyclic) bond motifs is 1. The molecule has 7 heteroatoms. The SMILES string of the molecule is CN(C)CCN1CCO[C@H]2CCN(C(=O)c3ccn[nH]3)CC[C@@H]21. The van der Waals surface area contributed by atoms with Crippen LogP contribution in [-0.2, 0) is 4.74 Å². The number of aromatic nitrogens is 2. The zero-order chi connectivity index (χ0) is 16.2. The average molecular weight is 321 g/mol. The number of aromatic amines is 1. The highest BCUT2D eigenvalue weighted by Gasteiger charge is 2.35. The second kappa shape index (κ2) is 7.42. The van der Waals surface area contributed by atoms with Crippen LogP contribution in [0.3, 0.4) is 0 Å². The third-order valence-corrected chi connectivity index (χ3v) is 4.84. The van der Waals surface area contributed by atoms with Gasteiger partial charge in [0, 0.05) is 45.0 Å². The molecule has 0 aromatic carbocycles. The van der Waals surface area contributed by atoms with Crippen molar-refractivity contribution in [1.29, 1.82) is 0 Å². The Morgan fingerprint density at radius 3 is 2.96 bits per heavy atom. The van der Waals surface area contributed by atoms with Gasteiger partial charge in [0.2, 0.25) is 0 Å². The van der Waals surface area contributed by atoms with Crippen LogP contribution in [0.4, 0.5) is 0 Å². The highest BCUT2D eigenvalue weighted by atomic mass is 16.5. The van der Waals surface area contributed by atoms with E-state index in [9.17, 15) is 4.79 Å². The maximum atomic E-state index is 12.5. The monoisotopic (exact) mass is 321 g/mol. The third kappa shape index (κ3) is 3.91. The summed E-state index contributed by atoms with van der Waals surface area (Å²) in [5.41, 5.74) is 0.570. The molecule has 0 bridgehead atoms. The van der Waals surface area contributed by atoms with Crippen LogP contribution >= 0.6 is 0 Å². The van der Waals surface area contributed by atoms with E-state index in [-0.39, 0.29) is 12.0 Å². The molecule has 2 aliphatic heterocycles. The van der Waals surface area contributed by atoms with Crippen molar-refractivity contribution < 1.29 is 9.53 Å². The van der Waals surface area contributed by atoms with Gasteiger partial charge in [0.15, 0.2) is 0 Å². The van der Waals surface area contributed by atoms with Crippen LogP contribution in [0.25, 0.3) is 0 Å².